The Morgan fingerprint density at radius 1 is 1.00 bits per heavy atom. The molecule has 0 unspecified atom stereocenters. The molecule has 1 aromatic rings. The van der Waals surface area contributed by atoms with Gasteiger partial charge in [-0.3, -0.25) is 0 Å². The molecule has 0 aromatic heterocycles. The fraction of sp³-hybridized carbons (Fsp3) is 0. The van der Waals surface area contributed by atoms with Crippen LogP contribution in [-0.4, -0.2) is 0 Å². The Labute approximate surface area is 65.8 Å². The van der Waals surface area contributed by atoms with Crippen LogP contribution in [0.1, 0.15) is 0 Å². The maximum atomic E-state index is 6.25. The molecule has 0 amide bonds. The van der Waals surface area contributed by atoms with Gasteiger partial charge in [0.1, 0.15) is 0 Å². The summed E-state index contributed by atoms with van der Waals surface area (Å²) in [4.78, 5) is 0. The zero-order valence-electron chi connectivity index (χ0n) is 4.64. The SMILES string of the molecule is [C-]#N.[Cu+2].[c-]1ccccc1. The van der Waals surface area contributed by atoms with Crippen LogP contribution >= 0.6 is 0 Å². The zero-order chi connectivity index (χ0) is 6.24. The molecule has 0 atom stereocenters. The van der Waals surface area contributed by atoms with Crippen molar-refractivity contribution in [3.8, 4) is 0 Å². The van der Waals surface area contributed by atoms with Crippen LogP contribution in [-0.2, 0) is 17.1 Å². The summed E-state index contributed by atoms with van der Waals surface area (Å²) in [5.41, 5.74) is 0. The Morgan fingerprint density at radius 2 is 1.44 bits per heavy atom. The molecule has 0 spiro atoms. The van der Waals surface area contributed by atoms with Gasteiger partial charge >= 0.3 is 17.1 Å². The summed E-state index contributed by atoms with van der Waals surface area (Å²) in [5.74, 6) is 0. The van der Waals surface area contributed by atoms with E-state index < -0.39 is 0 Å². The monoisotopic (exact) mass is 166 g/mol. The average molecular weight is 167 g/mol. The van der Waals surface area contributed by atoms with E-state index in [4.69, 9.17) is 11.8 Å². The fourth-order valence-electron chi connectivity index (χ4n) is 0.342. The van der Waals surface area contributed by atoms with Crippen LogP contribution in [0.3, 0.4) is 0 Å². The normalized spacial score (nSPS) is 5.56. The molecular formula is C7H5CuN. The van der Waals surface area contributed by atoms with Crippen molar-refractivity contribution in [2.24, 2.45) is 0 Å². The molecular weight excluding hydrogens is 162 g/mol. The van der Waals surface area contributed by atoms with Gasteiger partial charge in [0, 0.05) is 0 Å². The second kappa shape index (κ2) is 10.3. The molecule has 0 saturated carbocycles. The molecule has 0 N–H and O–H groups in total. The van der Waals surface area contributed by atoms with Gasteiger partial charge in [0.25, 0.3) is 0 Å². The first kappa shape index (κ1) is 11.1. The number of nitrogens with zero attached hydrogens (tertiary/aromatic N) is 1. The van der Waals surface area contributed by atoms with E-state index in [-0.39, 0.29) is 17.1 Å². The van der Waals surface area contributed by atoms with Crippen LogP contribution in [0, 0.1) is 17.9 Å². The van der Waals surface area contributed by atoms with Gasteiger partial charge in [-0.05, 0) is 0 Å². The number of rotatable bonds is 0. The molecule has 0 aliphatic heterocycles. The summed E-state index contributed by atoms with van der Waals surface area (Å²) in [6.45, 7) is 4.75. The maximum Gasteiger partial charge on any atom is 2.00 e. The van der Waals surface area contributed by atoms with Crippen molar-refractivity contribution in [1.82, 2.24) is 0 Å². The van der Waals surface area contributed by atoms with E-state index in [2.05, 4.69) is 6.07 Å². The van der Waals surface area contributed by atoms with Crippen LogP contribution in [0.25, 0.3) is 0 Å². The predicted molar refractivity (Wildman–Crippen MR) is 30.2 cm³/mol. The summed E-state index contributed by atoms with van der Waals surface area (Å²) in [5, 5.41) is 6.25. The second-order valence-electron chi connectivity index (χ2n) is 1.08. The van der Waals surface area contributed by atoms with Crippen molar-refractivity contribution in [2.45, 2.75) is 0 Å². The van der Waals surface area contributed by atoms with Crippen LogP contribution in [0.4, 0.5) is 0 Å². The summed E-state index contributed by atoms with van der Waals surface area (Å²) in [6, 6.07) is 12.5. The molecule has 0 fully saturated rings. The molecule has 1 nitrogen and oxygen atoms in total. The van der Waals surface area contributed by atoms with E-state index in [1.54, 1.807) is 0 Å². The Balaban J connectivity index is 0. The van der Waals surface area contributed by atoms with E-state index in [1.165, 1.54) is 0 Å². The molecule has 49 valence electrons. The second-order valence-corrected chi connectivity index (χ2v) is 1.08. The van der Waals surface area contributed by atoms with Crippen molar-refractivity contribution in [3.05, 3.63) is 43.0 Å². The first-order valence-electron chi connectivity index (χ1n) is 2.13. The van der Waals surface area contributed by atoms with Crippen LogP contribution < -0.4 is 0 Å². The van der Waals surface area contributed by atoms with Crippen molar-refractivity contribution >= 4 is 0 Å². The third-order valence-corrected chi connectivity index (χ3v) is 0.607. The minimum atomic E-state index is 0. The van der Waals surface area contributed by atoms with Gasteiger partial charge < -0.3 is 11.8 Å². The summed E-state index contributed by atoms with van der Waals surface area (Å²) in [7, 11) is 0. The first-order chi connectivity index (χ1) is 4.00. The van der Waals surface area contributed by atoms with Gasteiger partial charge in [0.15, 0.2) is 0 Å². The molecule has 0 saturated heterocycles. The average Bonchev–Trinajstić information content (AvgIpc) is 1.96. The van der Waals surface area contributed by atoms with Gasteiger partial charge in [0.2, 0.25) is 0 Å². The van der Waals surface area contributed by atoms with E-state index in [0.717, 1.165) is 0 Å². The zero-order valence-corrected chi connectivity index (χ0v) is 5.58. The topological polar surface area (TPSA) is 23.8 Å². The van der Waals surface area contributed by atoms with Gasteiger partial charge in [-0.15, -0.1) is 0 Å². The molecule has 0 aliphatic rings. The van der Waals surface area contributed by atoms with Crippen LogP contribution in [0.5, 0.6) is 0 Å². The standard InChI is InChI=1S/C6H5.CN.Cu/c1-2-4-6-5-3-1;1-2;/h1-5H;;/q2*-1;+2. The van der Waals surface area contributed by atoms with Crippen LogP contribution in [0.15, 0.2) is 30.3 Å². The summed E-state index contributed by atoms with van der Waals surface area (Å²) >= 11 is 0. The molecule has 1 aromatic carbocycles. The molecule has 2 heteroatoms. The largest absolute Gasteiger partial charge is 2.00 e. The minimum absolute atomic E-state index is 0. The predicted octanol–water partition coefficient (Wildman–Crippen LogP) is 1.58. The van der Waals surface area contributed by atoms with E-state index in [0.29, 0.717) is 0 Å². The van der Waals surface area contributed by atoms with Gasteiger partial charge in [-0.25, -0.2) is 0 Å². The van der Waals surface area contributed by atoms with Crippen molar-refractivity contribution in [3.63, 3.8) is 0 Å². The Kier molecular flexibility index (Phi) is 12.6. The Bertz CT molecular complexity index is 109. The smallest absolute Gasteiger partial charge is 0.512 e. The first-order valence-corrected chi connectivity index (χ1v) is 2.13. The van der Waals surface area contributed by atoms with Crippen molar-refractivity contribution < 1.29 is 17.1 Å². The number of hydrogen-bond acceptors (Lipinski definition) is 1. The van der Waals surface area contributed by atoms with Gasteiger partial charge in [-0.1, -0.05) is 0 Å². The maximum absolute atomic E-state index is 6.25. The number of benzene rings is 1. The molecule has 0 heterocycles. The van der Waals surface area contributed by atoms with Gasteiger partial charge in [0.05, 0.1) is 0 Å². The number of hydrogen-bond donors (Lipinski definition) is 0. The van der Waals surface area contributed by atoms with E-state index in [9.17, 15) is 0 Å². The van der Waals surface area contributed by atoms with Gasteiger partial charge in [-0.2, -0.15) is 36.4 Å². The summed E-state index contributed by atoms with van der Waals surface area (Å²) < 4.78 is 0. The molecule has 0 aliphatic carbocycles. The summed E-state index contributed by atoms with van der Waals surface area (Å²) in [6.07, 6.45) is 0. The quantitative estimate of drug-likeness (QED) is 0.424. The third kappa shape index (κ3) is 7.23. The minimum Gasteiger partial charge on any atom is -0.512 e. The van der Waals surface area contributed by atoms with E-state index >= 15 is 0 Å². The molecule has 9 heavy (non-hydrogen) atoms. The van der Waals surface area contributed by atoms with Crippen LogP contribution in [0.2, 0.25) is 0 Å². The van der Waals surface area contributed by atoms with Crippen molar-refractivity contribution in [2.75, 3.05) is 0 Å². The fourth-order valence-corrected chi connectivity index (χ4v) is 0.342. The van der Waals surface area contributed by atoms with Crippen molar-refractivity contribution in [1.29, 1.82) is 5.26 Å². The Morgan fingerprint density at radius 3 is 1.56 bits per heavy atom. The van der Waals surface area contributed by atoms with E-state index in [1.807, 2.05) is 30.3 Å². The molecule has 1 rings (SSSR count). The third-order valence-electron chi connectivity index (χ3n) is 0.607. The Hall–Kier alpha value is -0.771. The molecule has 0 bridgehead atoms. The molecule has 1 radical (unpaired) electrons.